The topological polar surface area (TPSA) is 143 Å². The Bertz CT molecular complexity index is 885. The summed E-state index contributed by atoms with van der Waals surface area (Å²) in [7, 11) is 0. The van der Waals surface area contributed by atoms with Crippen molar-refractivity contribution in [3.8, 4) is 0 Å². The van der Waals surface area contributed by atoms with E-state index < -0.39 is 5.92 Å². The Morgan fingerprint density at radius 1 is 1.27 bits per heavy atom. The third-order valence-corrected chi connectivity index (χ3v) is 6.75. The van der Waals surface area contributed by atoms with Crippen molar-refractivity contribution in [2.45, 2.75) is 51.2 Å². The van der Waals surface area contributed by atoms with Crippen LogP contribution in [0, 0.1) is 5.92 Å². The number of likely N-dealkylation sites (tertiary alicyclic amines) is 1. The number of nitrogens with two attached hydrogens (primary N) is 2. The van der Waals surface area contributed by atoms with E-state index in [-0.39, 0.29) is 36.0 Å². The maximum absolute atomic E-state index is 13.2. The number of primary amides is 1. The van der Waals surface area contributed by atoms with Crippen LogP contribution >= 0.6 is 0 Å². The number of amides is 1. The van der Waals surface area contributed by atoms with Crippen LogP contribution in [0.5, 0.6) is 0 Å². The number of carbonyl (C=O) groups excluding carboxylic acids is 1. The van der Waals surface area contributed by atoms with Crippen LogP contribution in [0.3, 0.4) is 0 Å². The Balaban J connectivity index is 1.59. The summed E-state index contributed by atoms with van der Waals surface area (Å²) in [5, 5.41) is 10.4. The lowest BCUT2D eigenvalue weighted by Crippen LogP contribution is -2.70. The summed E-state index contributed by atoms with van der Waals surface area (Å²) in [6, 6.07) is 2.02. The zero-order valence-electron chi connectivity index (χ0n) is 19.6. The van der Waals surface area contributed by atoms with Gasteiger partial charge in [0, 0.05) is 51.0 Å². The highest BCUT2D eigenvalue weighted by Crippen LogP contribution is 2.22. The molecule has 0 radical (unpaired) electrons. The van der Waals surface area contributed by atoms with Gasteiger partial charge in [0.25, 0.3) is 5.56 Å². The third-order valence-electron chi connectivity index (χ3n) is 6.75. The van der Waals surface area contributed by atoms with Gasteiger partial charge >= 0.3 is 0 Å². The zero-order chi connectivity index (χ0) is 23.5. The lowest BCUT2D eigenvalue weighted by Gasteiger charge is -2.44. The van der Waals surface area contributed by atoms with Gasteiger partial charge in [0.15, 0.2) is 0 Å². The van der Waals surface area contributed by atoms with Crippen LogP contribution in [0.25, 0.3) is 0 Å². The number of pyridine rings is 1. The first-order valence-electron chi connectivity index (χ1n) is 12.0. The van der Waals surface area contributed by atoms with E-state index in [2.05, 4.69) is 25.8 Å². The molecule has 0 saturated carbocycles. The predicted octanol–water partition coefficient (Wildman–Crippen LogP) is -0.995. The number of ether oxygens (including phenoxy) is 1. The number of anilines is 2. The molecule has 0 aromatic carbocycles. The number of morpholine rings is 1. The van der Waals surface area contributed by atoms with Gasteiger partial charge in [0.2, 0.25) is 5.91 Å². The third kappa shape index (κ3) is 5.49. The molecule has 11 heteroatoms. The van der Waals surface area contributed by atoms with Crippen molar-refractivity contribution in [1.82, 2.24) is 20.1 Å². The van der Waals surface area contributed by atoms with Crippen molar-refractivity contribution in [2.24, 2.45) is 17.4 Å². The normalized spacial score (nSPS) is 29.3. The summed E-state index contributed by atoms with van der Waals surface area (Å²) >= 11 is 0. The average molecular weight is 463 g/mol. The van der Waals surface area contributed by atoms with E-state index in [4.69, 9.17) is 16.2 Å². The molecule has 33 heavy (non-hydrogen) atoms. The molecular formula is C22H38N8O3. The number of rotatable bonds is 6. The first kappa shape index (κ1) is 24.0. The Morgan fingerprint density at radius 2 is 2.03 bits per heavy atom. The van der Waals surface area contributed by atoms with Gasteiger partial charge in [-0.1, -0.05) is 0 Å². The Kier molecular flexibility index (Phi) is 7.55. The molecule has 3 unspecified atom stereocenters. The molecule has 4 heterocycles. The quantitative estimate of drug-likeness (QED) is 0.360. The summed E-state index contributed by atoms with van der Waals surface area (Å²) in [5.74, 6) is -0.835. The molecule has 0 aliphatic carbocycles. The molecule has 11 nitrogen and oxygen atoms in total. The molecule has 1 aromatic heterocycles. The molecule has 7 N–H and O–H groups in total. The van der Waals surface area contributed by atoms with Crippen LogP contribution in [-0.4, -0.2) is 79.8 Å². The molecule has 0 bridgehead atoms. The maximum atomic E-state index is 13.2. The Labute approximate surface area is 194 Å². The van der Waals surface area contributed by atoms with Gasteiger partial charge in [-0.3, -0.25) is 25.1 Å². The summed E-state index contributed by atoms with van der Waals surface area (Å²) in [6.45, 7) is 8.68. The second kappa shape index (κ2) is 10.4. The van der Waals surface area contributed by atoms with Crippen molar-refractivity contribution in [3.05, 3.63) is 22.6 Å². The minimum atomic E-state index is -0.453. The molecule has 3 aliphatic rings. The van der Waals surface area contributed by atoms with Crippen LogP contribution in [0.15, 0.2) is 17.1 Å². The van der Waals surface area contributed by atoms with Crippen LogP contribution in [0.2, 0.25) is 0 Å². The molecule has 0 spiro atoms. The van der Waals surface area contributed by atoms with Crippen molar-refractivity contribution >= 4 is 17.3 Å². The van der Waals surface area contributed by atoms with Crippen molar-refractivity contribution in [2.75, 3.05) is 56.2 Å². The average Bonchev–Trinajstić information content (AvgIpc) is 2.80. The fraction of sp³-hybridized carbons (Fsp3) is 0.727. The maximum Gasteiger partial charge on any atom is 0.274 e. The van der Waals surface area contributed by atoms with Crippen molar-refractivity contribution in [1.29, 1.82) is 0 Å². The van der Waals surface area contributed by atoms with Gasteiger partial charge in [0.05, 0.1) is 31.0 Å². The second-order valence-corrected chi connectivity index (χ2v) is 9.53. The molecule has 3 fully saturated rings. The zero-order valence-corrected chi connectivity index (χ0v) is 19.6. The lowest BCUT2D eigenvalue weighted by molar-refractivity contribution is -0.123. The van der Waals surface area contributed by atoms with Gasteiger partial charge in [-0.15, -0.1) is 0 Å². The summed E-state index contributed by atoms with van der Waals surface area (Å²) < 4.78 is 7.19. The van der Waals surface area contributed by atoms with Crippen LogP contribution in [0.4, 0.5) is 11.4 Å². The summed E-state index contributed by atoms with van der Waals surface area (Å²) in [5.41, 5.74) is 13.3. The van der Waals surface area contributed by atoms with Crippen LogP contribution < -0.4 is 37.9 Å². The fourth-order valence-electron chi connectivity index (χ4n) is 4.88. The minimum absolute atomic E-state index is 0.00505. The number of hydrogen-bond donors (Lipinski definition) is 5. The first-order chi connectivity index (χ1) is 15.8. The first-order valence-corrected chi connectivity index (χ1v) is 12.0. The molecular weight excluding hydrogens is 424 g/mol. The second-order valence-electron chi connectivity index (χ2n) is 9.53. The number of carbonyl (C=O) groups is 1. The number of aromatic nitrogens is 1. The van der Waals surface area contributed by atoms with Gasteiger partial charge < -0.3 is 31.0 Å². The highest BCUT2D eigenvalue weighted by Gasteiger charge is 2.36. The molecule has 184 valence electrons. The van der Waals surface area contributed by atoms with E-state index in [0.29, 0.717) is 38.5 Å². The van der Waals surface area contributed by atoms with Crippen LogP contribution in [-0.2, 0) is 9.53 Å². The predicted molar refractivity (Wildman–Crippen MR) is 128 cm³/mol. The SMILES string of the molecule is CC(C)n1cc(NC2NC(N3CCC[C@H](N)C3)NCC2C(N)=O)cc(N2CCOCC2)c1=O. The van der Waals surface area contributed by atoms with E-state index in [1.807, 2.05) is 26.1 Å². The minimum Gasteiger partial charge on any atom is -0.378 e. The standard InChI is InChI=1S/C22H38N8O3/c1-14(2)30-13-16(10-18(21(30)32)28-6-8-33-9-7-28)26-20-17(19(24)31)11-25-22(27-20)29-5-3-4-15(23)12-29/h10,13-15,17,20,22,25-27H,3-9,11-12,23H2,1-2H3,(H2,24,31)/t15-,17?,20?,22?/m0/s1. The molecule has 4 rings (SSSR count). The smallest absolute Gasteiger partial charge is 0.274 e. The van der Waals surface area contributed by atoms with E-state index >= 15 is 0 Å². The lowest BCUT2D eigenvalue weighted by atomic mass is 10.0. The number of nitrogens with one attached hydrogen (secondary N) is 3. The van der Waals surface area contributed by atoms with E-state index in [0.717, 1.165) is 31.6 Å². The Morgan fingerprint density at radius 3 is 2.70 bits per heavy atom. The van der Waals surface area contributed by atoms with Crippen molar-refractivity contribution < 1.29 is 9.53 Å². The number of nitrogens with zero attached hydrogens (tertiary/aromatic N) is 3. The van der Waals surface area contributed by atoms with Gasteiger partial charge in [-0.2, -0.15) is 0 Å². The fourth-order valence-corrected chi connectivity index (χ4v) is 4.88. The van der Waals surface area contributed by atoms with Gasteiger partial charge in [-0.05, 0) is 32.8 Å². The van der Waals surface area contributed by atoms with E-state index in [9.17, 15) is 9.59 Å². The number of piperidine rings is 1. The highest BCUT2D eigenvalue weighted by molar-refractivity contribution is 5.78. The summed E-state index contributed by atoms with van der Waals surface area (Å²) in [6.07, 6.45) is 3.39. The van der Waals surface area contributed by atoms with E-state index in [1.54, 1.807) is 4.57 Å². The molecule has 3 aliphatic heterocycles. The summed E-state index contributed by atoms with van der Waals surface area (Å²) in [4.78, 5) is 29.7. The molecule has 4 atom stereocenters. The molecule has 1 amide bonds. The highest BCUT2D eigenvalue weighted by atomic mass is 16.5. The number of hydrogen-bond acceptors (Lipinski definition) is 9. The van der Waals surface area contributed by atoms with E-state index in [1.165, 1.54) is 0 Å². The monoisotopic (exact) mass is 462 g/mol. The largest absolute Gasteiger partial charge is 0.378 e. The molecule has 1 aromatic rings. The van der Waals surface area contributed by atoms with Gasteiger partial charge in [-0.25, -0.2) is 0 Å². The van der Waals surface area contributed by atoms with Crippen molar-refractivity contribution in [3.63, 3.8) is 0 Å². The van der Waals surface area contributed by atoms with Crippen LogP contribution in [0.1, 0.15) is 32.7 Å². The molecule has 3 saturated heterocycles. The van der Waals surface area contributed by atoms with Gasteiger partial charge in [0.1, 0.15) is 12.0 Å². The Hall–Kier alpha value is -2.18.